The lowest BCUT2D eigenvalue weighted by Gasteiger charge is -2.38. The molecule has 0 amide bonds. The van der Waals surface area contributed by atoms with Crippen LogP contribution in [0.5, 0.6) is 0 Å². The zero-order chi connectivity index (χ0) is 16.7. The second kappa shape index (κ2) is 4.73. The molecule has 4 aliphatic rings. The first-order chi connectivity index (χ1) is 11.5. The highest BCUT2D eigenvalue weighted by molar-refractivity contribution is 5.52. The first-order valence-electron chi connectivity index (χ1n) is 8.87. The highest BCUT2D eigenvalue weighted by atomic mass is 16.8. The number of ether oxygens (including phenoxy) is 4. The molecule has 130 valence electrons. The normalized spacial score (nSPS) is 44.8. The smallest absolute Gasteiger partial charge is 0.202 e. The van der Waals surface area contributed by atoms with E-state index in [-0.39, 0.29) is 24.4 Å². The van der Waals surface area contributed by atoms with E-state index in [1.807, 2.05) is 13.8 Å². The predicted octanol–water partition coefficient (Wildman–Crippen LogP) is 2.47. The third-order valence-corrected chi connectivity index (χ3v) is 6.13. The van der Waals surface area contributed by atoms with Crippen LogP contribution in [0.2, 0.25) is 0 Å². The fraction of sp³-hybridized carbons (Fsp3) is 0.684. The lowest BCUT2D eigenvalue weighted by atomic mass is 9.79. The Morgan fingerprint density at radius 2 is 2.00 bits per heavy atom. The van der Waals surface area contributed by atoms with Gasteiger partial charge in [-0.1, -0.05) is 12.1 Å². The van der Waals surface area contributed by atoms with Gasteiger partial charge in [-0.3, -0.25) is 0 Å². The second-order valence-corrected chi connectivity index (χ2v) is 7.95. The zero-order valence-electron chi connectivity index (χ0n) is 14.7. The number of aryl methyl sites for hydroxylation is 1. The van der Waals surface area contributed by atoms with Gasteiger partial charge in [-0.05, 0) is 44.9 Å². The van der Waals surface area contributed by atoms with Crippen LogP contribution in [-0.4, -0.2) is 49.6 Å². The maximum absolute atomic E-state index is 6.40. The molecule has 4 aliphatic heterocycles. The van der Waals surface area contributed by atoms with E-state index in [2.05, 4.69) is 36.1 Å². The van der Waals surface area contributed by atoms with Gasteiger partial charge in [0.15, 0.2) is 5.79 Å². The predicted molar refractivity (Wildman–Crippen MR) is 88.9 cm³/mol. The largest absolute Gasteiger partial charge is 0.365 e. The Morgan fingerprint density at radius 1 is 1.17 bits per heavy atom. The molecule has 1 aromatic rings. The van der Waals surface area contributed by atoms with Crippen LogP contribution in [0.1, 0.15) is 25.8 Å². The number of benzene rings is 1. The Hall–Kier alpha value is -1.14. The first kappa shape index (κ1) is 15.1. The van der Waals surface area contributed by atoms with Crippen molar-refractivity contribution in [1.82, 2.24) is 0 Å². The number of nitrogens with zero attached hydrogens (tertiary/aromatic N) is 1. The van der Waals surface area contributed by atoms with Crippen molar-refractivity contribution < 1.29 is 18.9 Å². The summed E-state index contributed by atoms with van der Waals surface area (Å²) in [7, 11) is 1.74. The Balaban J connectivity index is 1.53. The second-order valence-electron chi connectivity index (χ2n) is 7.95. The van der Waals surface area contributed by atoms with Crippen molar-refractivity contribution in [3.63, 3.8) is 0 Å². The van der Waals surface area contributed by atoms with Crippen LogP contribution in [0.15, 0.2) is 24.3 Å². The highest BCUT2D eigenvalue weighted by Gasteiger charge is 2.76. The standard InChI is InChI=1S/C19H25NO4/c1-11-6-5-7-12(10-11)20-9-8-13-14(20)15-16-17(19(13,21-4)23-15)24-18(2,3)22-16/h5-7,10,13-17H,8-9H2,1-4H3/t13-,14+,15+,16-,17-,19-/m0/s1. The third kappa shape index (κ3) is 1.79. The first-order valence-corrected chi connectivity index (χ1v) is 8.87. The number of methoxy groups -OCH3 is 1. The molecule has 24 heavy (non-hydrogen) atoms. The molecule has 4 heterocycles. The molecule has 4 saturated heterocycles. The van der Waals surface area contributed by atoms with E-state index < -0.39 is 11.6 Å². The minimum atomic E-state index is -0.674. The number of hydrogen-bond acceptors (Lipinski definition) is 5. The van der Waals surface area contributed by atoms with Crippen molar-refractivity contribution in [1.29, 1.82) is 0 Å². The average molecular weight is 331 g/mol. The molecule has 0 N–H and O–H groups in total. The van der Waals surface area contributed by atoms with Gasteiger partial charge >= 0.3 is 0 Å². The summed E-state index contributed by atoms with van der Waals surface area (Å²) < 4.78 is 24.7. The van der Waals surface area contributed by atoms with Gasteiger partial charge in [0.25, 0.3) is 0 Å². The fourth-order valence-corrected chi connectivity index (χ4v) is 5.33. The topological polar surface area (TPSA) is 40.2 Å². The van der Waals surface area contributed by atoms with E-state index in [1.165, 1.54) is 11.3 Å². The van der Waals surface area contributed by atoms with E-state index >= 15 is 0 Å². The van der Waals surface area contributed by atoms with Crippen molar-refractivity contribution in [3.8, 4) is 0 Å². The van der Waals surface area contributed by atoms with E-state index in [0.717, 1.165) is 13.0 Å². The van der Waals surface area contributed by atoms with E-state index in [9.17, 15) is 0 Å². The Labute approximate surface area is 142 Å². The molecule has 0 saturated carbocycles. The lowest BCUT2D eigenvalue weighted by Crippen LogP contribution is -2.57. The monoisotopic (exact) mass is 331 g/mol. The van der Waals surface area contributed by atoms with Crippen molar-refractivity contribution in [3.05, 3.63) is 29.8 Å². The minimum Gasteiger partial charge on any atom is -0.365 e. The van der Waals surface area contributed by atoms with Gasteiger partial charge in [-0.2, -0.15) is 0 Å². The molecule has 5 heteroatoms. The molecule has 4 fully saturated rings. The Morgan fingerprint density at radius 3 is 2.75 bits per heavy atom. The molecule has 0 aliphatic carbocycles. The van der Waals surface area contributed by atoms with Crippen LogP contribution in [0.4, 0.5) is 5.69 Å². The van der Waals surface area contributed by atoms with Gasteiger partial charge in [0.2, 0.25) is 5.79 Å². The molecule has 6 atom stereocenters. The molecular formula is C19H25NO4. The number of hydrogen-bond donors (Lipinski definition) is 0. The Bertz CT molecular complexity index is 677. The molecule has 0 radical (unpaired) electrons. The van der Waals surface area contributed by atoms with Gasteiger partial charge in [-0.15, -0.1) is 0 Å². The molecule has 5 rings (SSSR count). The van der Waals surface area contributed by atoms with E-state index in [1.54, 1.807) is 7.11 Å². The molecule has 2 bridgehead atoms. The quantitative estimate of drug-likeness (QED) is 0.833. The molecule has 5 nitrogen and oxygen atoms in total. The van der Waals surface area contributed by atoms with Crippen LogP contribution in [-0.2, 0) is 18.9 Å². The molecular weight excluding hydrogens is 306 g/mol. The summed E-state index contributed by atoms with van der Waals surface area (Å²) in [5.41, 5.74) is 2.54. The average Bonchev–Trinajstić information content (AvgIpc) is 3.22. The van der Waals surface area contributed by atoms with Crippen molar-refractivity contribution >= 4 is 5.69 Å². The van der Waals surface area contributed by atoms with Gasteiger partial charge in [0, 0.05) is 25.3 Å². The molecule has 1 aromatic carbocycles. The van der Waals surface area contributed by atoms with Crippen molar-refractivity contribution in [2.45, 2.75) is 63.1 Å². The number of anilines is 1. The summed E-state index contributed by atoms with van der Waals surface area (Å²) in [6, 6.07) is 8.98. The van der Waals surface area contributed by atoms with Crippen LogP contribution in [0.3, 0.4) is 0 Å². The van der Waals surface area contributed by atoms with Crippen LogP contribution in [0, 0.1) is 12.8 Å². The van der Waals surface area contributed by atoms with E-state index in [0.29, 0.717) is 5.92 Å². The van der Waals surface area contributed by atoms with Gasteiger partial charge in [0.05, 0.1) is 6.04 Å². The summed E-state index contributed by atoms with van der Waals surface area (Å²) in [4.78, 5) is 2.48. The summed E-state index contributed by atoms with van der Waals surface area (Å²) in [5, 5.41) is 0. The fourth-order valence-electron chi connectivity index (χ4n) is 5.33. The maximum Gasteiger partial charge on any atom is 0.202 e. The van der Waals surface area contributed by atoms with Crippen LogP contribution in [0.25, 0.3) is 0 Å². The van der Waals surface area contributed by atoms with Crippen LogP contribution < -0.4 is 4.90 Å². The maximum atomic E-state index is 6.40. The zero-order valence-corrected chi connectivity index (χ0v) is 14.7. The lowest BCUT2D eigenvalue weighted by molar-refractivity contribution is -0.276. The van der Waals surface area contributed by atoms with Crippen LogP contribution >= 0.6 is 0 Å². The van der Waals surface area contributed by atoms with Crippen molar-refractivity contribution in [2.24, 2.45) is 5.92 Å². The van der Waals surface area contributed by atoms with Crippen molar-refractivity contribution in [2.75, 3.05) is 18.6 Å². The Kier molecular flexibility index (Phi) is 2.98. The van der Waals surface area contributed by atoms with E-state index in [4.69, 9.17) is 18.9 Å². The number of rotatable bonds is 2. The van der Waals surface area contributed by atoms with Gasteiger partial charge in [0.1, 0.15) is 18.3 Å². The van der Waals surface area contributed by atoms with Gasteiger partial charge < -0.3 is 23.8 Å². The summed E-state index contributed by atoms with van der Waals surface area (Å²) >= 11 is 0. The molecule has 0 unspecified atom stereocenters. The highest BCUT2D eigenvalue weighted by Crippen LogP contribution is 2.59. The summed E-state index contributed by atoms with van der Waals surface area (Å²) in [6.07, 6.45) is 0.841. The number of fused-ring (bicyclic) bond motifs is 8. The van der Waals surface area contributed by atoms with Gasteiger partial charge in [-0.25, -0.2) is 0 Å². The molecule has 0 aromatic heterocycles. The third-order valence-electron chi connectivity index (χ3n) is 6.13. The molecule has 0 spiro atoms. The summed E-state index contributed by atoms with van der Waals surface area (Å²) in [5.74, 6) is -0.938. The summed E-state index contributed by atoms with van der Waals surface area (Å²) in [6.45, 7) is 7.11. The minimum absolute atomic E-state index is 0.00950. The SMILES string of the molecule is CO[C@@]12O[C@@H]([C@@H]3OC(C)(C)O[C@@H]31)[C@H]1[C@@H]2CCN1c1cccc(C)c1.